The van der Waals surface area contributed by atoms with E-state index in [-0.39, 0.29) is 11.7 Å². The Bertz CT molecular complexity index is 1500. The van der Waals surface area contributed by atoms with E-state index in [1.807, 2.05) is 70.6 Å². The van der Waals surface area contributed by atoms with Crippen molar-refractivity contribution in [3.8, 4) is 22.8 Å². The average molecular weight is 467 g/mol. The van der Waals surface area contributed by atoms with Crippen molar-refractivity contribution in [1.82, 2.24) is 25.1 Å². The van der Waals surface area contributed by atoms with Gasteiger partial charge in [0, 0.05) is 48.9 Å². The van der Waals surface area contributed by atoms with Gasteiger partial charge in [-0.1, -0.05) is 42.5 Å². The fourth-order valence-electron chi connectivity index (χ4n) is 4.57. The Hall–Kier alpha value is -4.46. The Labute approximate surface area is 201 Å². The van der Waals surface area contributed by atoms with Gasteiger partial charge in [0.1, 0.15) is 11.5 Å². The smallest absolute Gasteiger partial charge is 0.253 e. The van der Waals surface area contributed by atoms with Crippen molar-refractivity contribution in [3.05, 3.63) is 90.4 Å². The number of carbonyl (C=O) groups is 1. The molecule has 1 aliphatic rings. The number of rotatable bonds is 4. The van der Waals surface area contributed by atoms with Crippen molar-refractivity contribution in [2.24, 2.45) is 0 Å². The minimum Gasteiger partial charge on any atom is -0.366 e. The Balaban J connectivity index is 1.23. The largest absolute Gasteiger partial charge is 0.366 e. The summed E-state index contributed by atoms with van der Waals surface area (Å²) in [6.45, 7) is 2.23. The van der Waals surface area contributed by atoms with Crippen LogP contribution >= 0.6 is 0 Å². The number of benzene rings is 3. The molecule has 0 spiro atoms. The Morgan fingerprint density at radius 3 is 2.49 bits per heavy atom. The summed E-state index contributed by atoms with van der Waals surface area (Å²) in [5.41, 5.74) is 4.52. The Morgan fingerprint density at radius 1 is 0.914 bits per heavy atom. The van der Waals surface area contributed by atoms with Crippen molar-refractivity contribution in [3.63, 3.8) is 0 Å². The van der Waals surface area contributed by atoms with E-state index < -0.39 is 0 Å². The number of imidazole rings is 1. The summed E-state index contributed by atoms with van der Waals surface area (Å²) >= 11 is 0. The maximum Gasteiger partial charge on any atom is 0.253 e. The SMILES string of the molecule is O=C(c1ccc2[nH]nc(-c3nc(-c4ccccc4)c[nH]3)c2c1)N1CCN(c2ccccc2F)CC1. The monoisotopic (exact) mass is 466 g/mol. The van der Waals surface area contributed by atoms with E-state index in [2.05, 4.69) is 15.2 Å². The van der Waals surface area contributed by atoms with E-state index in [1.165, 1.54) is 6.07 Å². The topological polar surface area (TPSA) is 80.9 Å². The minimum absolute atomic E-state index is 0.0448. The second-order valence-corrected chi connectivity index (χ2v) is 8.56. The number of aromatic nitrogens is 4. The zero-order valence-corrected chi connectivity index (χ0v) is 18.9. The van der Waals surface area contributed by atoms with Crippen LogP contribution in [-0.2, 0) is 0 Å². The third-order valence-electron chi connectivity index (χ3n) is 6.44. The molecule has 0 bridgehead atoms. The van der Waals surface area contributed by atoms with Crippen LogP contribution in [0.5, 0.6) is 0 Å². The van der Waals surface area contributed by atoms with Crippen LogP contribution in [0.3, 0.4) is 0 Å². The predicted octanol–water partition coefficient (Wildman–Crippen LogP) is 4.72. The number of anilines is 1. The molecule has 0 aliphatic carbocycles. The highest BCUT2D eigenvalue weighted by Gasteiger charge is 2.24. The first-order valence-corrected chi connectivity index (χ1v) is 11.6. The molecular weight excluding hydrogens is 443 g/mol. The van der Waals surface area contributed by atoms with Gasteiger partial charge in [0.15, 0.2) is 5.82 Å². The molecule has 2 N–H and O–H groups in total. The van der Waals surface area contributed by atoms with E-state index in [0.29, 0.717) is 48.9 Å². The molecule has 8 heteroatoms. The molecule has 5 aromatic rings. The summed E-state index contributed by atoms with van der Waals surface area (Å²) < 4.78 is 14.1. The van der Waals surface area contributed by atoms with E-state index in [1.54, 1.807) is 12.1 Å². The molecule has 174 valence electrons. The summed E-state index contributed by atoms with van der Waals surface area (Å²) in [6, 6.07) is 22.2. The van der Waals surface area contributed by atoms with Crippen LogP contribution in [0.25, 0.3) is 33.7 Å². The second kappa shape index (κ2) is 8.72. The average Bonchev–Trinajstić information content (AvgIpc) is 3.56. The lowest BCUT2D eigenvalue weighted by atomic mass is 10.1. The molecule has 0 saturated carbocycles. The molecule has 3 heterocycles. The number of fused-ring (bicyclic) bond motifs is 1. The highest BCUT2D eigenvalue weighted by atomic mass is 19.1. The van der Waals surface area contributed by atoms with Crippen LogP contribution in [0, 0.1) is 5.82 Å². The van der Waals surface area contributed by atoms with E-state index in [9.17, 15) is 9.18 Å². The maximum atomic E-state index is 14.1. The van der Waals surface area contributed by atoms with Gasteiger partial charge < -0.3 is 14.8 Å². The minimum atomic E-state index is -0.237. The van der Waals surface area contributed by atoms with Gasteiger partial charge in [0.25, 0.3) is 5.91 Å². The van der Waals surface area contributed by atoms with Gasteiger partial charge in [-0.2, -0.15) is 5.10 Å². The molecule has 3 aromatic carbocycles. The fourth-order valence-corrected chi connectivity index (χ4v) is 4.57. The first kappa shape index (κ1) is 21.1. The lowest BCUT2D eigenvalue weighted by molar-refractivity contribution is 0.0747. The molecule has 1 aliphatic heterocycles. The predicted molar refractivity (Wildman–Crippen MR) is 134 cm³/mol. The van der Waals surface area contributed by atoms with Crippen LogP contribution in [0.1, 0.15) is 10.4 Å². The van der Waals surface area contributed by atoms with Crippen molar-refractivity contribution >= 4 is 22.5 Å². The summed E-state index contributed by atoms with van der Waals surface area (Å²) in [7, 11) is 0. The quantitative estimate of drug-likeness (QED) is 0.402. The number of H-pyrrole nitrogens is 2. The maximum absolute atomic E-state index is 14.1. The van der Waals surface area contributed by atoms with Crippen LogP contribution in [0.4, 0.5) is 10.1 Å². The second-order valence-electron chi connectivity index (χ2n) is 8.56. The fraction of sp³-hybridized carbons (Fsp3) is 0.148. The molecule has 6 rings (SSSR count). The molecule has 1 saturated heterocycles. The highest BCUT2D eigenvalue weighted by Crippen LogP contribution is 2.28. The third-order valence-corrected chi connectivity index (χ3v) is 6.44. The van der Waals surface area contributed by atoms with Crippen LogP contribution in [0.2, 0.25) is 0 Å². The van der Waals surface area contributed by atoms with Gasteiger partial charge in [-0.3, -0.25) is 9.89 Å². The standard InChI is InChI=1S/C27H23FN6O/c28-21-8-4-5-9-24(21)33-12-14-34(15-13-33)27(35)19-10-11-22-20(16-19)25(32-31-22)26-29-17-23(30-26)18-6-2-1-3-7-18/h1-11,16-17H,12-15H2,(H,29,30)(H,31,32). The van der Waals surface area contributed by atoms with Crippen molar-refractivity contribution in [2.45, 2.75) is 0 Å². The molecule has 0 unspecified atom stereocenters. The molecule has 1 fully saturated rings. The van der Waals surface area contributed by atoms with Gasteiger partial charge in [0.05, 0.1) is 16.9 Å². The molecule has 2 aromatic heterocycles. The van der Waals surface area contributed by atoms with Gasteiger partial charge in [-0.05, 0) is 30.3 Å². The van der Waals surface area contributed by atoms with Crippen molar-refractivity contribution in [1.29, 1.82) is 0 Å². The molecule has 0 radical (unpaired) electrons. The zero-order valence-electron chi connectivity index (χ0n) is 18.9. The van der Waals surface area contributed by atoms with E-state index >= 15 is 0 Å². The number of piperazine rings is 1. The Kier molecular flexibility index (Phi) is 5.25. The van der Waals surface area contributed by atoms with Gasteiger partial charge in [-0.25, -0.2) is 9.37 Å². The van der Waals surface area contributed by atoms with Crippen molar-refractivity contribution in [2.75, 3.05) is 31.1 Å². The van der Waals surface area contributed by atoms with E-state index in [0.717, 1.165) is 22.2 Å². The van der Waals surface area contributed by atoms with Gasteiger partial charge in [0.2, 0.25) is 0 Å². The molecule has 0 atom stereocenters. The Morgan fingerprint density at radius 2 is 1.69 bits per heavy atom. The van der Waals surface area contributed by atoms with E-state index in [4.69, 9.17) is 4.98 Å². The molecule has 35 heavy (non-hydrogen) atoms. The van der Waals surface area contributed by atoms with Crippen LogP contribution in [-0.4, -0.2) is 57.2 Å². The molecule has 1 amide bonds. The van der Waals surface area contributed by atoms with Gasteiger partial charge in [-0.15, -0.1) is 0 Å². The van der Waals surface area contributed by atoms with Gasteiger partial charge >= 0.3 is 0 Å². The van der Waals surface area contributed by atoms with Crippen LogP contribution in [0.15, 0.2) is 79.0 Å². The lowest BCUT2D eigenvalue weighted by Gasteiger charge is -2.36. The number of carbonyl (C=O) groups excluding carboxylic acids is 1. The number of hydrogen-bond donors (Lipinski definition) is 2. The number of para-hydroxylation sites is 1. The first-order chi connectivity index (χ1) is 17.2. The molecule has 7 nitrogen and oxygen atoms in total. The lowest BCUT2D eigenvalue weighted by Crippen LogP contribution is -2.49. The third kappa shape index (κ3) is 3.93. The number of amides is 1. The number of halogens is 1. The number of hydrogen-bond acceptors (Lipinski definition) is 4. The number of nitrogens with one attached hydrogen (secondary N) is 2. The summed E-state index contributed by atoms with van der Waals surface area (Å²) in [5.74, 6) is 0.355. The summed E-state index contributed by atoms with van der Waals surface area (Å²) in [6.07, 6.45) is 1.86. The normalized spacial score (nSPS) is 14.0. The first-order valence-electron chi connectivity index (χ1n) is 11.6. The molecular formula is C27H23FN6O. The number of aromatic amines is 2. The highest BCUT2D eigenvalue weighted by molar-refractivity contribution is 6.01. The van der Waals surface area contributed by atoms with Crippen molar-refractivity contribution < 1.29 is 9.18 Å². The number of nitrogens with zero attached hydrogens (tertiary/aromatic N) is 4. The summed E-state index contributed by atoms with van der Waals surface area (Å²) in [4.78, 5) is 25.0. The zero-order chi connectivity index (χ0) is 23.8. The summed E-state index contributed by atoms with van der Waals surface area (Å²) in [5, 5.41) is 8.31. The van der Waals surface area contributed by atoms with Crippen LogP contribution < -0.4 is 4.90 Å².